The molecule has 3 nitrogen and oxygen atoms in total. The third-order valence-electron chi connectivity index (χ3n) is 1.52. The van der Waals surface area contributed by atoms with Crippen LogP contribution < -0.4 is 5.32 Å². The molecule has 0 saturated heterocycles. The molecule has 0 unspecified atom stereocenters. The lowest BCUT2D eigenvalue weighted by Gasteiger charge is -2.01. The molecule has 4 heteroatoms. The van der Waals surface area contributed by atoms with Gasteiger partial charge < -0.3 is 10.1 Å². The van der Waals surface area contributed by atoms with Gasteiger partial charge in [0.15, 0.2) is 0 Å². The van der Waals surface area contributed by atoms with Crippen LogP contribution in [-0.4, -0.2) is 31.8 Å². The highest BCUT2D eigenvalue weighted by Gasteiger charge is 1.93. The molecule has 0 aromatic carbocycles. The monoisotopic (exact) mass is 186 g/mol. The van der Waals surface area contributed by atoms with Gasteiger partial charge in [0.05, 0.1) is 17.8 Å². The first-order chi connectivity index (χ1) is 5.93. The van der Waals surface area contributed by atoms with Gasteiger partial charge >= 0.3 is 0 Å². The number of ether oxygens (including phenoxy) is 1. The molecule has 0 bridgehead atoms. The zero-order valence-electron chi connectivity index (χ0n) is 7.25. The maximum atomic E-state index is 4.90. The van der Waals surface area contributed by atoms with Crippen LogP contribution in [0.4, 0.5) is 0 Å². The van der Waals surface area contributed by atoms with Crippen LogP contribution >= 0.6 is 11.3 Å². The minimum Gasteiger partial charge on any atom is -0.383 e. The Morgan fingerprint density at radius 3 is 3.17 bits per heavy atom. The summed E-state index contributed by atoms with van der Waals surface area (Å²) in [4.78, 5) is 4.18. The second-order valence-electron chi connectivity index (χ2n) is 2.47. The predicted octanol–water partition coefficient (Wildman–Crippen LogP) is 0.922. The molecule has 12 heavy (non-hydrogen) atoms. The maximum Gasteiger partial charge on any atom is 0.0794 e. The van der Waals surface area contributed by atoms with Crippen LogP contribution in [-0.2, 0) is 11.2 Å². The molecule has 0 fully saturated rings. The molecule has 1 rings (SSSR count). The van der Waals surface area contributed by atoms with E-state index in [-0.39, 0.29) is 0 Å². The number of hydrogen-bond acceptors (Lipinski definition) is 4. The third-order valence-corrected chi connectivity index (χ3v) is 2.16. The molecular weight excluding hydrogens is 172 g/mol. The van der Waals surface area contributed by atoms with Crippen LogP contribution in [0, 0.1) is 0 Å². The van der Waals surface area contributed by atoms with Gasteiger partial charge in [-0.25, -0.2) is 4.98 Å². The van der Waals surface area contributed by atoms with Crippen molar-refractivity contribution in [3.05, 3.63) is 16.6 Å². The van der Waals surface area contributed by atoms with E-state index in [2.05, 4.69) is 15.7 Å². The Hall–Kier alpha value is -0.450. The van der Waals surface area contributed by atoms with E-state index in [1.807, 2.05) is 5.51 Å². The lowest BCUT2D eigenvalue weighted by Crippen LogP contribution is -2.21. The molecule has 0 spiro atoms. The second kappa shape index (κ2) is 6.11. The number of rotatable bonds is 6. The average Bonchev–Trinajstić information content (AvgIpc) is 2.57. The van der Waals surface area contributed by atoms with Crippen molar-refractivity contribution in [1.82, 2.24) is 10.3 Å². The summed E-state index contributed by atoms with van der Waals surface area (Å²) in [7, 11) is 1.71. The van der Waals surface area contributed by atoms with E-state index >= 15 is 0 Å². The fourth-order valence-corrected chi connectivity index (χ4v) is 1.47. The van der Waals surface area contributed by atoms with Crippen LogP contribution in [0.3, 0.4) is 0 Å². The molecule has 1 N–H and O–H groups in total. The van der Waals surface area contributed by atoms with E-state index in [1.165, 1.54) is 5.69 Å². The smallest absolute Gasteiger partial charge is 0.0794 e. The van der Waals surface area contributed by atoms with Gasteiger partial charge in [0.25, 0.3) is 0 Å². The largest absolute Gasteiger partial charge is 0.383 e. The van der Waals surface area contributed by atoms with Crippen molar-refractivity contribution in [3.8, 4) is 0 Å². The van der Waals surface area contributed by atoms with E-state index in [0.29, 0.717) is 0 Å². The van der Waals surface area contributed by atoms with Crippen molar-refractivity contribution < 1.29 is 4.74 Å². The molecule has 0 aliphatic carbocycles. The number of nitrogens with one attached hydrogen (secondary N) is 1. The van der Waals surface area contributed by atoms with Gasteiger partial charge in [0, 0.05) is 32.0 Å². The molecule has 68 valence electrons. The van der Waals surface area contributed by atoms with E-state index in [1.54, 1.807) is 18.4 Å². The zero-order chi connectivity index (χ0) is 8.65. The summed E-state index contributed by atoms with van der Waals surface area (Å²) in [5.74, 6) is 0. The SMILES string of the molecule is COCCNCCc1cscn1. The minimum atomic E-state index is 0.775. The van der Waals surface area contributed by atoms with Gasteiger partial charge in [-0.15, -0.1) is 11.3 Å². The number of aromatic nitrogens is 1. The van der Waals surface area contributed by atoms with E-state index in [9.17, 15) is 0 Å². The van der Waals surface area contributed by atoms with Crippen molar-refractivity contribution >= 4 is 11.3 Å². The molecule has 0 aliphatic rings. The minimum absolute atomic E-state index is 0.775. The van der Waals surface area contributed by atoms with Crippen LogP contribution in [0.5, 0.6) is 0 Å². The van der Waals surface area contributed by atoms with Gasteiger partial charge in [-0.2, -0.15) is 0 Å². The van der Waals surface area contributed by atoms with Gasteiger partial charge in [0.2, 0.25) is 0 Å². The Labute approximate surface area is 76.8 Å². The molecule has 0 amide bonds. The summed E-state index contributed by atoms with van der Waals surface area (Å²) in [6.07, 6.45) is 1.01. The molecule has 0 radical (unpaired) electrons. The lowest BCUT2D eigenvalue weighted by atomic mass is 10.3. The molecule has 0 atom stereocenters. The number of thiazole rings is 1. The van der Waals surface area contributed by atoms with Gasteiger partial charge in [-0.1, -0.05) is 0 Å². The first-order valence-corrected chi connectivity index (χ1v) is 4.94. The Morgan fingerprint density at radius 1 is 1.58 bits per heavy atom. The van der Waals surface area contributed by atoms with Crippen molar-refractivity contribution in [3.63, 3.8) is 0 Å². The Balaban J connectivity index is 1.96. The quantitative estimate of drug-likeness (QED) is 0.671. The van der Waals surface area contributed by atoms with Crippen LogP contribution in [0.15, 0.2) is 10.9 Å². The topological polar surface area (TPSA) is 34.1 Å². The second-order valence-corrected chi connectivity index (χ2v) is 3.19. The first kappa shape index (κ1) is 9.64. The fraction of sp³-hybridized carbons (Fsp3) is 0.625. The van der Waals surface area contributed by atoms with Crippen LogP contribution in [0.25, 0.3) is 0 Å². The van der Waals surface area contributed by atoms with Crippen LogP contribution in [0.2, 0.25) is 0 Å². The number of nitrogens with zero attached hydrogens (tertiary/aromatic N) is 1. The van der Waals surface area contributed by atoms with Gasteiger partial charge in [-0.3, -0.25) is 0 Å². The average molecular weight is 186 g/mol. The van der Waals surface area contributed by atoms with Gasteiger partial charge in [-0.05, 0) is 0 Å². The Bertz CT molecular complexity index is 189. The summed E-state index contributed by atoms with van der Waals surface area (Å²) in [5, 5.41) is 5.35. The third kappa shape index (κ3) is 3.80. The van der Waals surface area contributed by atoms with Crippen molar-refractivity contribution in [2.24, 2.45) is 0 Å². The van der Waals surface area contributed by atoms with E-state index < -0.39 is 0 Å². The summed E-state index contributed by atoms with van der Waals surface area (Å²) in [6, 6.07) is 0. The van der Waals surface area contributed by atoms with Gasteiger partial charge in [0.1, 0.15) is 0 Å². The maximum absolute atomic E-state index is 4.90. The highest BCUT2D eigenvalue weighted by molar-refractivity contribution is 7.07. The van der Waals surface area contributed by atoms with Crippen LogP contribution in [0.1, 0.15) is 5.69 Å². The number of hydrogen-bond donors (Lipinski definition) is 1. The molecule has 1 heterocycles. The summed E-state index contributed by atoms with van der Waals surface area (Å²) in [6.45, 7) is 2.67. The first-order valence-electron chi connectivity index (χ1n) is 4.00. The zero-order valence-corrected chi connectivity index (χ0v) is 8.06. The van der Waals surface area contributed by atoms with E-state index in [0.717, 1.165) is 26.1 Å². The molecule has 0 aliphatic heterocycles. The Kier molecular flexibility index (Phi) is 4.91. The van der Waals surface area contributed by atoms with E-state index in [4.69, 9.17) is 4.74 Å². The van der Waals surface area contributed by atoms with Crippen molar-refractivity contribution in [2.75, 3.05) is 26.8 Å². The van der Waals surface area contributed by atoms with Crippen molar-refractivity contribution in [2.45, 2.75) is 6.42 Å². The summed E-state index contributed by atoms with van der Waals surface area (Å²) < 4.78 is 4.90. The lowest BCUT2D eigenvalue weighted by molar-refractivity contribution is 0.199. The highest BCUT2D eigenvalue weighted by atomic mass is 32.1. The summed E-state index contributed by atoms with van der Waals surface area (Å²) in [5.41, 5.74) is 3.04. The summed E-state index contributed by atoms with van der Waals surface area (Å²) >= 11 is 1.64. The van der Waals surface area contributed by atoms with Crippen molar-refractivity contribution in [1.29, 1.82) is 0 Å². The molecular formula is C8H14N2OS. The fourth-order valence-electron chi connectivity index (χ4n) is 0.877. The number of methoxy groups -OCH3 is 1. The molecule has 1 aromatic rings. The molecule has 1 aromatic heterocycles. The Morgan fingerprint density at radius 2 is 2.50 bits per heavy atom. The predicted molar refractivity (Wildman–Crippen MR) is 50.6 cm³/mol. The molecule has 0 saturated carbocycles. The highest BCUT2D eigenvalue weighted by Crippen LogP contribution is 2.00. The standard InChI is InChI=1S/C8H14N2OS/c1-11-5-4-9-3-2-8-6-12-7-10-8/h6-7,9H,2-5H2,1H3. The normalized spacial score (nSPS) is 10.4.